The molecular weight excluding hydrogens is 108 g/mol. The summed E-state index contributed by atoms with van der Waals surface area (Å²) in [6, 6.07) is 0. The Kier molecular flexibility index (Phi) is 4.21. The average Bonchev–Trinajstić information content (AvgIpc) is 1.68. The first-order valence-corrected chi connectivity index (χ1v) is 2.94. The van der Waals surface area contributed by atoms with Gasteiger partial charge in [0.05, 0.1) is 0 Å². The average molecular weight is 118 g/mol. The van der Waals surface area contributed by atoms with Crippen molar-refractivity contribution in [1.29, 1.82) is 0 Å². The van der Waals surface area contributed by atoms with Gasteiger partial charge in [-0.05, 0) is 18.9 Å². The monoisotopic (exact) mass is 117 g/mol. The van der Waals surface area contributed by atoms with Crippen LogP contribution < -0.4 is 0 Å². The van der Waals surface area contributed by atoms with Crippen LogP contribution in [0.5, 0.6) is 0 Å². The second kappa shape index (κ2) is 4.20. The third kappa shape index (κ3) is 3.87. The summed E-state index contributed by atoms with van der Waals surface area (Å²) in [5.41, 5.74) is 0. The predicted octanol–water partition coefficient (Wildman–Crippen LogP) is 2.73. The summed E-state index contributed by atoms with van der Waals surface area (Å²) in [4.78, 5) is 0. The summed E-state index contributed by atoms with van der Waals surface area (Å²) in [7, 11) is 0. The second-order valence-electron chi connectivity index (χ2n) is 1.29. The largest absolute Gasteiger partial charge is 0.0889 e. The highest BCUT2D eigenvalue weighted by Gasteiger charge is 1.80. The Labute approximate surface area is 50.2 Å². The molecule has 0 aliphatic carbocycles. The molecule has 0 saturated heterocycles. The van der Waals surface area contributed by atoms with Crippen molar-refractivity contribution in [1.82, 2.24) is 0 Å². The van der Waals surface area contributed by atoms with E-state index < -0.39 is 0 Å². The standard InChI is InChI=1S/C6H10Cl/c1-3-5-6(7)4-2/h3-4H2,1-2H3. The molecule has 0 spiro atoms. The molecule has 0 aromatic heterocycles. The van der Waals surface area contributed by atoms with Crippen LogP contribution >= 0.6 is 11.6 Å². The van der Waals surface area contributed by atoms with Gasteiger partial charge in [0.15, 0.2) is 0 Å². The third-order valence-electron chi connectivity index (χ3n) is 0.679. The molecule has 0 aliphatic rings. The molecule has 0 fully saturated rings. The summed E-state index contributed by atoms with van der Waals surface area (Å²) in [5, 5.41) is 0.850. The molecule has 0 unspecified atom stereocenters. The fourth-order valence-electron chi connectivity index (χ4n) is 0.317. The lowest BCUT2D eigenvalue weighted by molar-refractivity contribution is 1.10. The highest BCUT2D eigenvalue weighted by molar-refractivity contribution is 6.29. The molecule has 0 saturated carbocycles. The molecule has 0 rings (SSSR count). The number of halogens is 1. The normalized spacial score (nSPS) is 12.1. The number of allylic oxidation sites excluding steroid dienone is 2. The maximum absolute atomic E-state index is 5.57. The van der Waals surface area contributed by atoms with Crippen LogP contribution in [0.25, 0.3) is 0 Å². The van der Waals surface area contributed by atoms with E-state index >= 15 is 0 Å². The molecule has 41 valence electrons. The first-order valence-electron chi connectivity index (χ1n) is 2.56. The van der Waals surface area contributed by atoms with Crippen LogP contribution in [0.4, 0.5) is 0 Å². The van der Waals surface area contributed by atoms with Crippen LogP contribution in [0, 0.1) is 6.08 Å². The van der Waals surface area contributed by atoms with Crippen molar-refractivity contribution >= 4 is 11.6 Å². The lowest BCUT2D eigenvalue weighted by Gasteiger charge is -1.84. The van der Waals surface area contributed by atoms with Crippen molar-refractivity contribution < 1.29 is 0 Å². The SMILES string of the molecule is CC/[C]=C(\Cl)CC. The smallest absolute Gasteiger partial charge is 0.0213 e. The van der Waals surface area contributed by atoms with Gasteiger partial charge in [0.2, 0.25) is 0 Å². The van der Waals surface area contributed by atoms with Gasteiger partial charge in [-0.3, -0.25) is 0 Å². The van der Waals surface area contributed by atoms with Crippen molar-refractivity contribution in [2.24, 2.45) is 0 Å². The molecule has 0 N–H and O–H groups in total. The van der Waals surface area contributed by atoms with E-state index in [-0.39, 0.29) is 0 Å². The third-order valence-corrected chi connectivity index (χ3v) is 1.08. The first-order chi connectivity index (χ1) is 3.31. The molecule has 0 nitrogen and oxygen atoms in total. The van der Waals surface area contributed by atoms with E-state index in [1.54, 1.807) is 0 Å². The van der Waals surface area contributed by atoms with E-state index in [0.717, 1.165) is 17.9 Å². The molecule has 7 heavy (non-hydrogen) atoms. The Morgan fingerprint density at radius 1 is 1.57 bits per heavy atom. The molecule has 0 heterocycles. The quantitative estimate of drug-likeness (QED) is 0.522. The lowest BCUT2D eigenvalue weighted by Crippen LogP contribution is -1.64. The van der Waals surface area contributed by atoms with Gasteiger partial charge in [-0.15, -0.1) is 0 Å². The molecule has 0 atom stereocenters. The van der Waals surface area contributed by atoms with Crippen molar-refractivity contribution in [3.05, 3.63) is 11.1 Å². The molecule has 0 aromatic rings. The van der Waals surface area contributed by atoms with Crippen LogP contribution in [0.1, 0.15) is 26.7 Å². The van der Waals surface area contributed by atoms with E-state index in [0.29, 0.717) is 0 Å². The van der Waals surface area contributed by atoms with Crippen LogP contribution in [0.15, 0.2) is 5.03 Å². The number of hydrogen-bond donors (Lipinski definition) is 0. The van der Waals surface area contributed by atoms with Crippen molar-refractivity contribution in [2.75, 3.05) is 0 Å². The molecular formula is C6H10Cl. The van der Waals surface area contributed by atoms with Gasteiger partial charge >= 0.3 is 0 Å². The Morgan fingerprint density at radius 2 is 2.14 bits per heavy atom. The van der Waals surface area contributed by atoms with Crippen LogP contribution in [-0.2, 0) is 0 Å². The van der Waals surface area contributed by atoms with E-state index in [2.05, 4.69) is 6.08 Å². The molecule has 0 aromatic carbocycles. The van der Waals surface area contributed by atoms with E-state index in [1.807, 2.05) is 13.8 Å². The Balaban J connectivity index is 3.29. The predicted molar refractivity (Wildman–Crippen MR) is 33.2 cm³/mol. The van der Waals surface area contributed by atoms with E-state index in [4.69, 9.17) is 11.6 Å². The minimum Gasteiger partial charge on any atom is -0.0889 e. The minimum atomic E-state index is 0.850. The van der Waals surface area contributed by atoms with Gasteiger partial charge in [-0.25, -0.2) is 0 Å². The minimum absolute atomic E-state index is 0.850. The molecule has 0 aliphatic heterocycles. The van der Waals surface area contributed by atoms with Crippen LogP contribution in [0.3, 0.4) is 0 Å². The van der Waals surface area contributed by atoms with E-state index in [1.165, 1.54) is 0 Å². The fourth-order valence-corrected chi connectivity index (χ4v) is 0.450. The zero-order valence-electron chi connectivity index (χ0n) is 4.79. The van der Waals surface area contributed by atoms with Gasteiger partial charge in [-0.2, -0.15) is 0 Å². The Hall–Kier alpha value is 0.0300. The van der Waals surface area contributed by atoms with Gasteiger partial charge in [0, 0.05) is 5.03 Å². The zero-order chi connectivity index (χ0) is 5.70. The molecule has 1 radical (unpaired) electrons. The summed E-state index contributed by atoms with van der Waals surface area (Å²) in [5.74, 6) is 0. The maximum Gasteiger partial charge on any atom is 0.0213 e. The van der Waals surface area contributed by atoms with Gasteiger partial charge in [0.25, 0.3) is 0 Å². The Morgan fingerprint density at radius 3 is 2.29 bits per heavy atom. The van der Waals surface area contributed by atoms with Gasteiger partial charge in [-0.1, -0.05) is 25.4 Å². The second-order valence-corrected chi connectivity index (χ2v) is 1.75. The molecule has 1 heteroatoms. The summed E-state index contributed by atoms with van der Waals surface area (Å²) >= 11 is 5.57. The van der Waals surface area contributed by atoms with E-state index in [9.17, 15) is 0 Å². The highest BCUT2D eigenvalue weighted by Crippen LogP contribution is 2.04. The molecule has 0 bridgehead atoms. The van der Waals surface area contributed by atoms with Crippen LogP contribution in [-0.4, -0.2) is 0 Å². The highest BCUT2D eigenvalue weighted by atomic mass is 35.5. The first kappa shape index (κ1) is 7.03. The van der Waals surface area contributed by atoms with Crippen molar-refractivity contribution in [2.45, 2.75) is 26.7 Å². The lowest BCUT2D eigenvalue weighted by atomic mass is 10.3. The van der Waals surface area contributed by atoms with Gasteiger partial charge in [0.1, 0.15) is 0 Å². The number of rotatable bonds is 2. The topological polar surface area (TPSA) is 0 Å². The van der Waals surface area contributed by atoms with Gasteiger partial charge < -0.3 is 0 Å². The Bertz CT molecular complexity index is 64.6. The zero-order valence-corrected chi connectivity index (χ0v) is 5.55. The number of hydrogen-bond acceptors (Lipinski definition) is 0. The van der Waals surface area contributed by atoms with Crippen molar-refractivity contribution in [3.8, 4) is 0 Å². The summed E-state index contributed by atoms with van der Waals surface area (Å²) in [6.45, 7) is 4.04. The molecule has 0 amide bonds. The summed E-state index contributed by atoms with van der Waals surface area (Å²) < 4.78 is 0. The fraction of sp³-hybridized carbons (Fsp3) is 0.667. The maximum atomic E-state index is 5.57. The van der Waals surface area contributed by atoms with Crippen LogP contribution in [0.2, 0.25) is 0 Å². The summed E-state index contributed by atoms with van der Waals surface area (Å²) in [6.07, 6.45) is 4.81. The van der Waals surface area contributed by atoms with Crippen molar-refractivity contribution in [3.63, 3.8) is 0 Å².